The summed E-state index contributed by atoms with van der Waals surface area (Å²) in [5, 5.41) is 2.90. The Balaban J connectivity index is 1.98. The third-order valence-corrected chi connectivity index (χ3v) is 3.39. The summed E-state index contributed by atoms with van der Waals surface area (Å²) in [6.07, 6.45) is 0. The first-order chi connectivity index (χ1) is 9.86. The van der Waals surface area contributed by atoms with Crippen molar-refractivity contribution in [3.05, 3.63) is 23.2 Å². The molecule has 1 fully saturated rings. The molecule has 0 spiro atoms. The fourth-order valence-electron chi connectivity index (χ4n) is 1.90. The molecule has 8 heteroatoms. The maximum absolute atomic E-state index is 11.9. The Morgan fingerprint density at radius 2 is 2.05 bits per heavy atom. The number of halogens is 1. The molecule has 1 aromatic rings. The standard InChI is InChI=1S/C13H15ClN4O3/c1-17-6-13(21)18(7-12(17)20)5-11(19)16-10-3-2-8(15)4-9(10)14/h2-4H,5-7,15H2,1H3,(H,16,19). The molecule has 1 aliphatic rings. The number of likely N-dealkylation sites (N-methyl/N-ethyl adjacent to an activating group) is 1. The van der Waals surface area contributed by atoms with Crippen molar-refractivity contribution in [3.8, 4) is 0 Å². The monoisotopic (exact) mass is 310 g/mol. The lowest BCUT2D eigenvalue weighted by molar-refractivity contribution is -0.149. The number of nitrogen functional groups attached to an aromatic ring is 1. The van der Waals surface area contributed by atoms with Crippen LogP contribution in [0.15, 0.2) is 18.2 Å². The van der Waals surface area contributed by atoms with E-state index in [9.17, 15) is 14.4 Å². The van der Waals surface area contributed by atoms with Gasteiger partial charge in [-0.1, -0.05) is 11.6 Å². The van der Waals surface area contributed by atoms with Crippen LogP contribution >= 0.6 is 11.6 Å². The van der Waals surface area contributed by atoms with Gasteiger partial charge in [-0.3, -0.25) is 14.4 Å². The minimum Gasteiger partial charge on any atom is -0.399 e. The Hall–Kier alpha value is -2.28. The zero-order valence-electron chi connectivity index (χ0n) is 11.4. The molecule has 0 atom stereocenters. The second kappa shape index (κ2) is 6.01. The highest BCUT2D eigenvalue weighted by Gasteiger charge is 2.28. The predicted molar refractivity (Wildman–Crippen MR) is 78.7 cm³/mol. The number of hydrogen-bond acceptors (Lipinski definition) is 4. The first-order valence-corrected chi connectivity index (χ1v) is 6.61. The lowest BCUT2D eigenvalue weighted by atomic mass is 10.2. The second-order valence-corrected chi connectivity index (χ2v) is 5.19. The molecule has 0 aromatic heterocycles. The van der Waals surface area contributed by atoms with E-state index in [1.807, 2.05) is 0 Å². The summed E-state index contributed by atoms with van der Waals surface area (Å²) in [5.41, 5.74) is 6.45. The largest absolute Gasteiger partial charge is 0.399 e. The van der Waals surface area contributed by atoms with E-state index in [1.165, 1.54) is 15.9 Å². The second-order valence-electron chi connectivity index (χ2n) is 4.79. The number of amides is 3. The van der Waals surface area contributed by atoms with Crippen LogP contribution in [-0.2, 0) is 14.4 Å². The molecule has 7 nitrogen and oxygen atoms in total. The van der Waals surface area contributed by atoms with Gasteiger partial charge in [0.25, 0.3) is 0 Å². The molecule has 2 rings (SSSR count). The third-order valence-electron chi connectivity index (χ3n) is 3.08. The Labute approximate surface area is 126 Å². The topological polar surface area (TPSA) is 95.7 Å². The fourth-order valence-corrected chi connectivity index (χ4v) is 2.14. The molecule has 3 amide bonds. The van der Waals surface area contributed by atoms with Crippen LogP contribution < -0.4 is 11.1 Å². The van der Waals surface area contributed by atoms with E-state index in [-0.39, 0.29) is 31.4 Å². The highest BCUT2D eigenvalue weighted by Crippen LogP contribution is 2.23. The van der Waals surface area contributed by atoms with Gasteiger partial charge in [-0.2, -0.15) is 0 Å². The molecule has 1 aliphatic heterocycles. The first-order valence-electron chi connectivity index (χ1n) is 6.23. The zero-order chi connectivity index (χ0) is 15.6. The normalized spacial score (nSPS) is 15.3. The fraction of sp³-hybridized carbons (Fsp3) is 0.308. The van der Waals surface area contributed by atoms with Crippen molar-refractivity contribution in [2.45, 2.75) is 0 Å². The van der Waals surface area contributed by atoms with Gasteiger partial charge in [-0.05, 0) is 18.2 Å². The average molecular weight is 311 g/mol. The summed E-state index contributed by atoms with van der Waals surface area (Å²) in [6.45, 7) is -0.313. The molecular formula is C13H15ClN4O3. The van der Waals surface area contributed by atoms with E-state index in [2.05, 4.69) is 5.32 Å². The van der Waals surface area contributed by atoms with Gasteiger partial charge in [0.1, 0.15) is 13.1 Å². The SMILES string of the molecule is CN1CC(=O)N(CC(=O)Nc2ccc(N)cc2Cl)CC1=O. The van der Waals surface area contributed by atoms with Crippen LogP contribution in [0.2, 0.25) is 5.02 Å². The summed E-state index contributed by atoms with van der Waals surface area (Å²) in [6, 6.07) is 4.69. The van der Waals surface area contributed by atoms with E-state index >= 15 is 0 Å². The van der Waals surface area contributed by atoms with Crippen LogP contribution in [0.25, 0.3) is 0 Å². The Morgan fingerprint density at radius 1 is 1.33 bits per heavy atom. The predicted octanol–water partition coefficient (Wildman–Crippen LogP) is 0.161. The van der Waals surface area contributed by atoms with E-state index in [0.29, 0.717) is 16.4 Å². The van der Waals surface area contributed by atoms with Crippen LogP contribution in [0.3, 0.4) is 0 Å². The van der Waals surface area contributed by atoms with Crippen molar-refractivity contribution in [3.63, 3.8) is 0 Å². The number of nitrogens with zero attached hydrogens (tertiary/aromatic N) is 2. The van der Waals surface area contributed by atoms with Crippen LogP contribution in [0.1, 0.15) is 0 Å². The van der Waals surface area contributed by atoms with Crippen LogP contribution in [-0.4, -0.2) is 54.2 Å². The van der Waals surface area contributed by atoms with Gasteiger partial charge in [-0.15, -0.1) is 0 Å². The van der Waals surface area contributed by atoms with Crippen molar-refractivity contribution in [1.82, 2.24) is 9.80 Å². The Bertz CT molecular complexity index is 605. The van der Waals surface area contributed by atoms with Crippen molar-refractivity contribution in [2.75, 3.05) is 37.7 Å². The molecule has 0 bridgehead atoms. The highest BCUT2D eigenvalue weighted by molar-refractivity contribution is 6.34. The molecule has 1 saturated heterocycles. The number of piperazine rings is 1. The lowest BCUT2D eigenvalue weighted by Crippen LogP contribution is -2.54. The molecule has 1 aromatic carbocycles. The number of carbonyl (C=O) groups is 3. The van der Waals surface area contributed by atoms with Gasteiger partial charge in [-0.25, -0.2) is 0 Å². The molecule has 0 radical (unpaired) electrons. The number of hydrogen-bond donors (Lipinski definition) is 2. The quantitative estimate of drug-likeness (QED) is 0.777. The summed E-state index contributed by atoms with van der Waals surface area (Å²) >= 11 is 5.95. The van der Waals surface area contributed by atoms with Crippen LogP contribution in [0.5, 0.6) is 0 Å². The molecule has 0 aliphatic carbocycles. The number of carbonyl (C=O) groups excluding carboxylic acids is 3. The molecule has 3 N–H and O–H groups in total. The minimum atomic E-state index is -0.424. The number of benzene rings is 1. The van der Waals surface area contributed by atoms with Gasteiger partial charge in [0.15, 0.2) is 0 Å². The van der Waals surface area contributed by atoms with E-state index < -0.39 is 5.91 Å². The van der Waals surface area contributed by atoms with Crippen molar-refractivity contribution < 1.29 is 14.4 Å². The molecule has 0 saturated carbocycles. The van der Waals surface area contributed by atoms with Gasteiger partial charge in [0.05, 0.1) is 17.3 Å². The smallest absolute Gasteiger partial charge is 0.244 e. The van der Waals surface area contributed by atoms with Crippen molar-refractivity contribution in [2.24, 2.45) is 0 Å². The van der Waals surface area contributed by atoms with Gasteiger partial charge in [0.2, 0.25) is 17.7 Å². The van der Waals surface area contributed by atoms with E-state index in [4.69, 9.17) is 17.3 Å². The zero-order valence-corrected chi connectivity index (χ0v) is 12.2. The number of nitrogens with two attached hydrogens (primary N) is 1. The summed E-state index contributed by atoms with van der Waals surface area (Å²) in [7, 11) is 1.55. The summed E-state index contributed by atoms with van der Waals surface area (Å²) in [5.74, 6) is -0.893. The third kappa shape index (κ3) is 3.63. The van der Waals surface area contributed by atoms with Crippen molar-refractivity contribution in [1.29, 1.82) is 0 Å². The molecular weight excluding hydrogens is 296 g/mol. The maximum atomic E-state index is 11.9. The van der Waals surface area contributed by atoms with E-state index in [1.54, 1.807) is 19.2 Å². The maximum Gasteiger partial charge on any atom is 0.244 e. The highest BCUT2D eigenvalue weighted by atomic mass is 35.5. The molecule has 1 heterocycles. The van der Waals surface area contributed by atoms with Gasteiger partial charge in [0, 0.05) is 12.7 Å². The Morgan fingerprint density at radius 3 is 2.71 bits per heavy atom. The molecule has 0 unspecified atom stereocenters. The Kier molecular flexibility index (Phi) is 4.32. The van der Waals surface area contributed by atoms with Gasteiger partial charge < -0.3 is 20.9 Å². The minimum absolute atomic E-state index is 0.0191. The number of anilines is 2. The van der Waals surface area contributed by atoms with Crippen LogP contribution in [0, 0.1) is 0 Å². The molecule has 21 heavy (non-hydrogen) atoms. The number of rotatable bonds is 3. The number of nitrogens with one attached hydrogen (secondary N) is 1. The van der Waals surface area contributed by atoms with Crippen molar-refractivity contribution >= 4 is 40.7 Å². The van der Waals surface area contributed by atoms with E-state index in [0.717, 1.165) is 0 Å². The first kappa shape index (κ1) is 15.1. The molecule has 112 valence electrons. The lowest BCUT2D eigenvalue weighted by Gasteiger charge is -2.31. The summed E-state index contributed by atoms with van der Waals surface area (Å²) in [4.78, 5) is 37.8. The average Bonchev–Trinajstić information content (AvgIpc) is 2.39. The van der Waals surface area contributed by atoms with Crippen LogP contribution in [0.4, 0.5) is 11.4 Å². The van der Waals surface area contributed by atoms with Gasteiger partial charge >= 0.3 is 0 Å². The summed E-state index contributed by atoms with van der Waals surface area (Å²) < 4.78 is 0.